The molecule has 8 nitrogen and oxygen atoms in total. The molecule has 1 aliphatic heterocycles. The van der Waals surface area contributed by atoms with Gasteiger partial charge in [0.05, 0.1) is 18.5 Å². The first-order valence-corrected chi connectivity index (χ1v) is 9.98. The van der Waals surface area contributed by atoms with Gasteiger partial charge in [-0.3, -0.25) is 14.8 Å². The van der Waals surface area contributed by atoms with Gasteiger partial charge in [-0.1, -0.05) is 17.3 Å². The molecule has 0 fully saturated rings. The lowest BCUT2D eigenvalue weighted by Crippen LogP contribution is -2.20. The quantitative estimate of drug-likeness (QED) is 0.508. The molecule has 1 aliphatic rings. The van der Waals surface area contributed by atoms with Crippen molar-refractivity contribution >= 4 is 11.8 Å². The van der Waals surface area contributed by atoms with E-state index in [0.29, 0.717) is 18.9 Å². The van der Waals surface area contributed by atoms with Gasteiger partial charge in [0.25, 0.3) is 0 Å². The van der Waals surface area contributed by atoms with Gasteiger partial charge in [-0.2, -0.15) is 5.10 Å². The number of rotatable bonds is 6. The highest BCUT2D eigenvalue weighted by Gasteiger charge is 2.23. The van der Waals surface area contributed by atoms with Crippen molar-refractivity contribution in [1.29, 1.82) is 0 Å². The number of amides is 1. The predicted molar refractivity (Wildman–Crippen MR) is 114 cm³/mol. The van der Waals surface area contributed by atoms with Crippen LogP contribution in [0.1, 0.15) is 12.5 Å². The fourth-order valence-electron chi connectivity index (χ4n) is 3.58. The largest absolute Gasteiger partial charge is 0.494 e. The van der Waals surface area contributed by atoms with E-state index in [1.54, 1.807) is 16.9 Å². The van der Waals surface area contributed by atoms with Crippen LogP contribution in [0.5, 0.6) is 11.5 Å². The maximum absolute atomic E-state index is 12.6. The maximum atomic E-state index is 12.6. The van der Waals surface area contributed by atoms with E-state index >= 15 is 0 Å². The molecule has 8 heteroatoms. The number of nitrogens with zero attached hydrogens (tertiary/aromatic N) is 3. The Morgan fingerprint density at radius 2 is 2.03 bits per heavy atom. The topological polar surface area (TPSA) is 91.4 Å². The molecular weight excluding hydrogens is 396 g/mol. The summed E-state index contributed by atoms with van der Waals surface area (Å²) in [5.41, 5.74) is 4.26. The number of carbonyl (C=O) groups is 1. The van der Waals surface area contributed by atoms with E-state index in [1.807, 2.05) is 55.5 Å². The molecule has 0 unspecified atom stereocenters. The molecule has 2 aromatic carbocycles. The van der Waals surface area contributed by atoms with E-state index in [0.717, 1.165) is 33.9 Å². The van der Waals surface area contributed by atoms with Gasteiger partial charge in [0.2, 0.25) is 11.8 Å². The molecule has 1 N–H and O–H groups in total. The Hall–Kier alpha value is -4.07. The van der Waals surface area contributed by atoms with Crippen LogP contribution < -0.4 is 14.8 Å². The highest BCUT2D eigenvalue weighted by atomic mass is 16.5. The summed E-state index contributed by atoms with van der Waals surface area (Å²) in [4.78, 5) is 12.6. The number of hydrogen-bond donors (Lipinski definition) is 1. The van der Waals surface area contributed by atoms with Crippen molar-refractivity contribution in [1.82, 2.24) is 14.9 Å². The highest BCUT2D eigenvalue weighted by molar-refractivity contribution is 5.90. The average Bonchev–Trinajstić information content (AvgIpc) is 3.42. The Morgan fingerprint density at radius 3 is 2.87 bits per heavy atom. The Labute approximate surface area is 178 Å². The zero-order chi connectivity index (χ0) is 21.2. The normalized spacial score (nSPS) is 11.9. The van der Waals surface area contributed by atoms with Gasteiger partial charge in [0, 0.05) is 22.8 Å². The number of aromatic nitrogens is 3. The van der Waals surface area contributed by atoms with E-state index in [2.05, 4.69) is 15.6 Å². The van der Waals surface area contributed by atoms with Crippen molar-refractivity contribution in [3.63, 3.8) is 0 Å². The molecule has 0 spiro atoms. The fraction of sp³-hybridized carbons (Fsp3) is 0.174. The second-order valence-electron chi connectivity index (χ2n) is 7.04. The first-order valence-electron chi connectivity index (χ1n) is 9.98. The summed E-state index contributed by atoms with van der Waals surface area (Å²) in [6.45, 7) is 3.02. The van der Waals surface area contributed by atoms with Crippen LogP contribution in [0, 0.1) is 0 Å². The second-order valence-corrected chi connectivity index (χ2v) is 7.04. The summed E-state index contributed by atoms with van der Waals surface area (Å²) in [5, 5.41) is 11.2. The summed E-state index contributed by atoms with van der Waals surface area (Å²) in [6, 6.07) is 16.9. The molecule has 5 rings (SSSR count). The van der Waals surface area contributed by atoms with Crippen molar-refractivity contribution in [2.24, 2.45) is 0 Å². The third-order valence-corrected chi connectivity index (χ3v) is 4.97. The number of nitrogens with one attached hydrogen (secondary N) is 1. The monoisotopic (exact) mass is 416 g/mol. The van der Waals surface area contributed by atoms with E-state index in [9.17, 15) is 4.79 Å². The maximum Gasteiger partial charge on any atom is 0.248 e. The smallest absolute Gasteiger partial charge is 0.248 e. The Morgan fingerprint density at radius 1 is 1.19 bits per heavy atom. The highest BCUT2D eigenvalue weighted by Crippen LogP contribution is 2.37. The van der Waals surface area contributed by atoms with E-state index < -0.39 is 0 Å². The Bertz CT molecular complexity index is 1230. The average molecular weight is 416 g/mol. The number of benzene rings is 2. The number of carbonyl (C=O) groups excluding carboxylic acids is 1. The molecule has 0 saturated heterocycles. The molecule has 0 saturated carbocycles. The van der Waals surface area contributed by atoms with Crippen molar-refractivity contribution in [2.75, 3.05) is 11.9 Å². The zero-order valence-electron chi connectivity index (χ0n) is 16.9. The van der Waals surface area contributed by atoms with Gasteiger partial charge >= 0.3 is 0 Å². The van der Waals surface area contributed by atoms with Crippen LogP contribution in [0.25, 0.3) is 22.5 Å². The first-order chi connectivity index (χ1) is 15.2. The van der Waals surface area contributed by atoms with Crippen molar-refractivity contribution in [3.8, 4) is 34.0 Å². The van der Waals surface area contributed by atoms with Gasteiger partial charge in [-0.15, -0.1) is 0 Å². The lowest BCUT2D eigenvalue weighted by Gasteiger charge is -2.18. The third kappa shape index (κ3) is 3.75. The van der Waals surface area contributed by atoms with Gasteiger partial charge < -0.3 is 14.0 Å². The molecule has 1 amide bonds. The van der Waals surface area contributed by atoms with Gasteiger partial charge in [0.15, 0.2) is 0 Å². The summed E-state index contributed by atoms with van der Waals surface area (Å²) in [6.07, 6.45) is 1.73. The number of para-hydroxylation sites is 1. The minimum atomic E-state index is -0.260. The molecular formula is C23H20N4O4. The lowest BCUT2D eigenvalue weighted by molar-refractivity contribution is -0.117. The van der Waals surface area contributed by atoms with Gasteiger partial charge in [0.1, 0.15) is 30.3 Å². The summed E-state index contributed by atoms with van der Waals surface area (Å²) < 4.78 is 18.2. The molecule has 0 radical (unpaired) electrons. The molecule has 4 aromatic rings. The number of ether oxygens (including phenoxy) is 2. The van der Waals surface area contributed by atoms with Crippen molar-refractivity contribution < 1.29 is 18.8 Å². The van der Waals surface area contributed by atoms with Gasteiger partial charge in [-0.05, 0) is 43.3 Å². The lowest BCUT2D eigenvalue weighted by atomic mass is 10.0. The summed E-state index contributed by atoms with van der Waals surface area (Å²) in [7, 11) is 0. The minimum absolute atomic E-state index is 0.0444. The molecule has 0 aliphatic carbocycles. The molecule has 0 bridgehead atoms. The van der Waals surface area contributed by atoms with Crippen LogP contribution in [0.3, 0.4) is 0 Å². The van der Waals surface area contributed by atoms with Crippen molar-refractivity contribution in [3.05, 3.63) is 66.4 Å². The van der Waals surface area contributed by atoms with Gasteiger partial charge in [-0.25, -0.2) is 0 Å². The van der Waals surface area contributed by atoms with E-state index in [-0.39, 0.29) is 18.3 Å². The summed E-state index contributed by atoms with van der Waals surface area (Å²) in [5.74, 6) is 1.59. The SMILES string of the molecule is CCOc1ccc(-c2cc(NC(=O)Cn3ncc4c3-c3ccccc3OC4)on2)cc1. The first kappa shape index (κ1) is 18.9. The van der Waals surface area contributed by atoms with E-state index in [1.165, 1.54) is 0 Å². The second kappa shape index (κ2) is 7.98. The minimum Gasteiger partial charge on any atom is -0.494 e. The molecule has 156 valence electrons. The van der Waals surface area contributed by atoms with Crippen LogP contribution >= 0.6 is 0 Å². The molecule has 2 aromatic heterocycles. The van der Waals surface area contributed by atoms with Crippen LogP contribution in [0.4, 0.5) is 5.88 Å². The summed E-state index contributed by atoms with van der Waals surface area (Å²) >= 11 is 0. The molecule has 0 atom stereocenters. The number of hydrogen-bond acceptors (Lipinski definition) is 6. The van der Waals surface area contributed by atoms with Crippen LogP contribution in [-0.2, 0) is 17.9 Å². The standard InChI is InChI=1S/C23H20N4O4/c1-2-29-17-9-7-15(8-10-17)19-11-22(31-26-19)25-21(28)13-27-23-16(12-24-27)14-30-20-6-4-3-5-18(20)23/h3-12H,2,13-14H2,1H3,(H,25,28). The molecule has 31 heavy (non-hydrogen) atoms. The number of anilines is 1. The number of fused-ring (bicyclic) bond motifs is 3. The predicted octanol–water partition coefficient (Wildman–Crippen LogP) is 4.13. The van der Waals surface area contributed by atoms with Crippen LogP contribution in [-0.4, -0.2) is 27.5 Å². The van der Waals surface area contributed by atoms with E-state index in [4.69, 9.17) is 14.0 Å². The van der Waals surface area contributed by atoms with Crippen molar-refractivity contribution in [2.45, 2.75) is 20.1 Å². The molecule has 3 heterocycles. The van der Waals surface area contributed by atoms with Crippen LogP contribution in [0.15, 0.2) is 65.3 Å². The fourth-order valence-corrected chi connectivity index (χ4v) is 3.58. The Kier molecular flexibility index (Phi) is 4.87. The third-order valence-electron chi connectivity index (χ3n) is 4.97. The zero-order valence-corrected chi connectivity index (χ0v) is 16.9. The Balaban J connectivity index is 1.29. The van der Waals surface area contributed by atoms with Crippen LogP contribution in [0.2, 0.25) is 0 Å².